The van der Waals surface area contributed by atoms with Crippen LogP contribution in [0.2, 0.25) is 0 Å². The first kappa shape index (κ1) is 13.6. The van der Waals surface area contributed by atoms with Gasteiger partial charge in [-0.3, -0.25) is 0 Å². The highest BCUT2D eigenvalue weighted by molar-refractivity contribution is 9.10. The van der Waals surface area contributed by atoms with Gasteiger partial charge in [-0.15, -0.1) is 11.6 Å². The summed E-state index contributed by atoms with van der Waals surface area (Å²) in [5.41, 5.74) is 2.07. The first-order chi connectivity index (χ1) is 9.69. The molecule has 0 saturated carbocycles. The lowest BCUT2D eigenvalue weighted by Crippen LogP contribution is -2.14. The highest BCUT2D eigenvalue weighted by Gasteiger charge is 2.15. The number of hydrogen-bond acceptors (Lipinski definition) is 2. The molecule has 0 spiro atoms. The third-order valence-electron chi connectivity index (χ3n) is 3.32. The van der Waals surface area contributed by atoms with Crippen LogP contribution in [0.15, 0.2) is 41.4 Å². The standard InChI is InChI=1S/C14H14BrClN4/c1-10(8-19-5-4-17-9-19)20-13-6-11(15)2-3-12(13)18-14(20)7-16/h2-6,9-10H,7-8H2,1H3. The second-order valence-electron chi connectivity index (χ2n) is 4.77. The summed E-state index contributed by atoms with van der Waals surface area (Å²) in [6.07, 6.45) is 5.58. The van der Waals surface area contributed by atoms with Crippen LogP contribution < -0.4 is 0 Å². The minimum atomic E-state index is 0.247. The Morgan fingerprint density at radius 3 is 2.95 bits per heavy atom. The molecule has 0 amide bonds. The van der Waals surface area contributed by atoms with E-state index in [1.165, 1.54) is 0 Å². The van der Waals surface area contributed by atoms with Crippen LogP contribution in [0.3, 0.4) is 0 Å². The molecule has 1 aromatic carbocycles. The van der Waals surface area contributed by atoms with Gasteiger partial charge in [-0.1, -0.05) is 15.9 Å². The Bertz CT molecular complexity index is 720. The summed E-state index contributed by atoms with van der Waals surface area (Å²) >= 11 is 9.57. The van der Waals surface area contributed by atoms with Crippen molar-refractivity contribution in [2.75, 3.05) is 0 Å². The van der Waals surface area contributed by atoms with Crippen LogP contribution in [0.4, 0.5) is 0 Å². The molecule has 2 heterocycles. The van der Waals surface area contributed by atoms with Gasteiger partial charge in [0.15, 0.2) is 0 Å². The Hall–Kier alpha value is -1.33. The molecule has 1 atom stereocenters. The number of nitrogens with zero attached hydrogens (tertiary/aromatic N) is 4. The molecule has 2 aromatic heterocycles. The van der Waals surface area contributed by atoms with E-state index in [1.54, 1.807) is 6.20 Å². The first-order valence-corrected chi connectivity index (χ1v) is 7.70. The van der Waals surface area contributed by atoms with Crippen molar-refractivity contribution in [2.45, 2.75) is 25.4 Å². The largest absolute Gasteiger partial charge is 0.335 e. The molecule has 0 radical (unpaired) electrons. The van der Waals surface area contributed by atoms with E-state index in [0.29, 0.717) is 5.88 Å². The highest BCUT2D eigenvalue weighted by Crippen LogP contribution is 2.26. The molecule has 104 valence electrons. The minimum Gasteiger partial charge on any atom is -0.335 e. The van der Waals surface area contributed by atoms with Crippen LogP contribution in [0, 0.1) is 0 Å². The van der Waals surface area contributed by atoms with Crippen LogP contribution in [0.25, 0.3) is 11.0 Å². The predicted octanol–water partition coefficient (Wildman–Crippen LogP) is 4.00. The van der Waals surface area contributed by atoms with Crippen molar-refractivity contribution in [1.29, 1.82) is 0 Å². The maximum absolute atomic E-state index is 6.06. The van der Waals surface area contributed by atoms with Gasteiger partial charge >= 0.3 is 0 Å². The van der Waals surface area contributed by atoms with Crippen molar-refractivity contribution >= 4 is 38.6 Å². The zero-order valence-electron chi connectivity index (χ0n) is 11.0. The zero-order chi connectivity index (χ0) is 14.1. The summed E-state index contributed by atoms with van der Waals surface area (Å²) in [6, 6.07) is 6.34. The van der Waals surface area contributed by atoms with E-state index in [4.69, 9.17) is 11.6 Å². The Kier molecular flexibility index (Phi) is 3.81. The molecule has 0 N–H and O–H groups in total. The van der Waals surface area contributed by atoms with Gasteiger partial charge in [-0.25, -0.2) is 9.97 Å². The molecular formula is C14H14BrClN4. The van der Waals surface area contributed by atoms with Gasteiger partial charge in [0.05, 0.1) is 29.3 Å². The van der Waals surface area contributed by atoms with E-state index in [2.05, 4.69) is 48.0 Å². The maximum atomic E-state index is 6.06. The first-order valence-electron chi connectivity index (χ1n) is 6.37. The normalized spacial score (nSPS) is 12.9. The lowest BCUT2D eigenvalue weighted by Gasteiger charge is -2.17. The molecule has 0 aliphatic heterocycles. The Morgan fingerprint density at radius 1 is 1.40 bits per heavy atom. The number of alkyl halides is 1. The predicted molar refractivity (Wildman–Crippen MR) is 83.9 cm³/mol. The average Bonchev–Trinajstić information content (AvgIpc) is 3.04. The van der Waals surface area contributed by atoms with Gasteiger partial charge in [0.2, 0.25) is 0 Å². The fourth-order valence-electron chi connectivity index (χ4n) is 2.48. The van der Waals surface area contributed by atoms with E-state index in [-0.39, 0.29) is 6.04 Å². The lowest BCUT2D eigenvalue weighted by atomic mass is 10.2. The Morgan fingerprint density at radius 2 is 2.25 bits per heavy atom. The van der Waals surface area contributed by atoms with Gasteiger partial charge in [-0.05, 0) is 25.1 Å². The fraction of sp³-hybridized carbons (Fsp3) is 0.286. The summed E-state index contributed by atoms with van der Waals surface area (Å²) in [5.74, 6) is 1.30. The SMILES string of the molecule is CC(Cn1ccnc1)n1c(CCl)nc2ccc(Br)cc21. The number of rotatable bonds is 4. The van der Waals surface area contributed by atoms with Crippen molar-refractivity contribution < 1.29 is 0 Å². The number of aromatic nitrogens is 4. The monoisotopic (exact) mass is 352 g/mol. The molecule has 3 aromatic rings. The molecular weight excluding hydrogens is 340 g/mol. The van der Waals surface area contributed by atoms with Crippen LogP contribution in [-0.4, -0.2) is 19.1 Å². The zero-order valence-corrected chi connectivity index (χ0v) is 13.3. The van der Waals surface area contributed by atoms with Gasteiger partial charge in [0, 0.05) is 23.4 Å². The third kappa shape index (κ3) is 2.47. The van der Waals surface area contributed by atoms with Gasteiger partial charge < -0.3 is 9.13 Å². The van der Waals surface area contributed by atoms with E-state index < -0.39 is 0 Å². The molecule has 0 fully saturated rings. The summed E-state index contributed by atoms with van der Waals surface area (Å²) in [4.78, 5) is 8.69. The smallest absolute Gasteiger partial charge is 0.125 e. The number of benzene rings is 1. The molecule has 0 aliphatic carbocycles. The summed E-state index contributed by atoms with van der Waals surface area (Å²) in [5, 5.41) is 0. The van der Waals surface area contributed by atoms with Gasteiger partial charge in [0.1, 0.15) is 5.82 Å². The van der Waals surface area contributed by atoms with Gasteiger partial charge in [0.25, 0.3) is 0 Å². The minimum absolute atomic E-state index is 0.247. The van der Waals surface area contributed by atoms with E-state index in [1.807, 2.05) is 24.7 Å². The van der Waals surface area contributed by atoms with Crippen molar-refractivity contribution in [3.8, 4) is 0 Å². The van der Waals surface area contributed by atoms with Crippen LogP contribution in [-0.2, 0) is 12.4 Å². The van der Waals surface area contributed by atoms with Crippen molar-refractivity contribution in [1.82, 2.24) is 19.1 Å². The number of imidazole rings is 2. The van der Waals surface area contributed by atoms with Crippen LogP contribution in [0.5, 0.6) is 0 Å². The van der Waals surface area contributed by atoms with E-state index in [9.17, 15) is 0 Å². The van der Waals surface area contributed by atoms with E-state index >= 15 is 0 Å². The average molecular weight is 354 g/mol. The number of hydrogen-bond donors (Lipinski definition) is 0. The Balaban J connectivity index is 2.06. The molecule has 0 bridgehead atoms. The van der Waals surface area contributed by atoms with E-state index in [0.717, 1.165) is 27.9 Å². The topological polar surface area (TPSA) is 35.6 Å². The molecule has 0 saturated heterocycles. The maximum Gasteiger partial charge on any atom is 0.125 e. The lowest BCUT2D eigenvalue weighted by molar-refractivity contribution is 0.464. The van der Waals surface area contributed by atoms with Gasteiger partial charge in [-0.2, -0.15) is 0 Å². The molecule has 3 rings (SSSR count). The molecule has 1 unspecified atom stereocenters. The molecule has 4 nitrogen and oxygen atoms in total. The quantitative estimate of drug-likeness (QED) is 0.665. The van der Waals surface area contributed by atoms with Crippen LogP contribution >= 0.6 is 27.5 Å². The van der Waals surface area contributed by atoms with Crippen molar-refractivity contribution in [3.63, 3.8) is 0 Å². The van der Waals surface area contributed by atoms with Crippen molar-refractivity contribution in [3.05, 3.63) is 47.2 Å². The fourth-order valence-corrected chi connectivity index (χ4v) is 3.02. The Labute approximate surface area is 130 Å². The second-order valence-corrected chi connectivity index (χ2v) is 5.96. The summed E-state index contributed by atoms with van der Waals surface area (Å²) in [6.45, 7) is 3.00. The van der Waals surface area contributed by atoms with Crippen LogP contribution in [0.1, 0.15) is 18.8 Å². The number of fused-ring (bicyclic) bond motifs is 1. The van der Waals surface area contributed by atoms with Crippen molar-refractivity contribution in [2.24, 2.45) is 0 Å². The molecule has 0 aliphatic rings. The number of halogens is 2. The highest BCUT2D eigenvalue weighted by atomic mass is 79.9. The molecule has 20 heavy (non-hydrogen) atoms. The summed E-state index contributed by atoms with van der Waals surface area (Å²) < 4.78 is 5.31. The summed E-state index contributed by atoms with van der Waals surface area (Å²) in [7, 11) is 0. The second kappa shape index (κ2) is 5.58. The molecule has 6 heteroatoms. The third-order valence-corrected chi connectivity index (χ3v) is 4.05.